The van der Waals surface area contributed by atoms with Gasteiger partial charge in [-0.25, -0.2) is 9.97 Å². The summed E-state index contributed by atoms with van der Waals surface area (Å²) in [5.41, 5.74) is 11.2. The van der Waals surface area contributed by atoms with Crippen molar-refractivity contribution >= 4 is 23.0 Å². The standard InChI is InChI=1S/C20H23N5O/c1-13-4-7-16(10-14(13)2)25-20-18(21)19(23-12-24-20)22-11-15-5-8-17(26-3)9-6-15/h4-10,12H,11,21H2,1-3H3,(H2,22,23,24,25). The van der Waals surface area contributed by atoms with Crippen LogP contribution in [-0.2, 0) is 6.54 Å². The maximum Gasteiger partial charge on any atom is 0.159 e. The van der Waals surface area contributed by atoms with Gasteiger partial charge in [0.25, 0.3) is 0 Å². The Labute approximate surface area is 153 Å². The van der Waals surface area contributed by atoms with Crippen LogP contribution in [-0.4, -0.2) is 17.1 Å². The number of hydrogen-bond donors (Lipinski definition) is 3. The summed E-state index contributed by atoms with van der Waals surface area (Å²) in [6.07, 6.45) is 1.50. The summed E-state index contributed by atoms with van der Waals surface area (Å²) in [6.45, 7) is 4.76. The molecule has 0 bridgehead atoms. The quantitative estimate of drug-likeness (QED) is 0.623. The van der Waals surface area contributed by atoms with E-state index in [4.69, 9.17) is 10.5 Å². The Balaban J connectivity index is 1.72. The van der Waals surface area contributed by atoms with Gasteiger partial charge in [-0.3, -0.25) is 0 Å². The summed E-state index contributed by atoms with van der Waals surface area (Å²) in [6, 6.07) is 14.0. The Bertz CT molecular complexity index is 893. The molecule has 0 aliphatic heterocycles. The van der Waals surface area contributed by atoms with Crippen LogP contribution in [0.1, 0.15) is 16.7 Å². The second kappa shape index (κ2) is 7.74. The van der Waals surface area contributed by atoms with Gasteiger partial charge in [-0.15, -0.1) is 0 Å². The van der Waals surface area contributed by atoms with Crippen molar-refractivity contribution in [3.05, 3.63) is 65.5 Å². The molecular weight excluding hydrogens is 326 g/mol. The zero-order chi connectivity index (χ0) is 18.5. The first kappa shape index (κ1) is 17.5. The van der Waals surface area contributed by atoms with Crippen LogP contribution in [0, 0.1) is 13.8 Å². The van der Waals surface area contributed by atoms with E-state index in [0.717, 1.165) is 17.0 Å². The van der Waals surface area contributed by atoms with E-state index in [-0.39, 0.29) is 0 Å². The molecule has 4 N–H and O–H groups in total. The largest absolute Gasteiger partial charge is 0.497 e. The van der Waals surface area contributed by atoms with Gasteiger partial charge >= 0.3 is 0 Å². The van der Waals surface area contributed by atoms with Gasteiger partial charge in [-0.2, -0.15) is 0 Å². The molecule has 0 unspecified atom stereocenters. The SMILES string of the molecule is COc1ccc(CNc2ncnc(Nc3ccc(C)c(C)c3)c2N)cc1. The molecule has 0 atom stereocenters. The minimum Gasteiger partial charge on any atom is -0.497 e. The Morgan fingerprint density at radius 3 is 2.38 bits per heavy atom. The van der Waals surface area contributed by atoms with E-state index in [1.165, 1.54) is 17.5 Å². The van der Waals surface area contributed by atoms with Crippen molar-refractivity contribution in [2.24, 2.45) is 0 Å². The second-order valence-electron chi connectivity index (χ2n) is 6.11. The highest BCUT2D eigenvalue weighted by Crippen LogP contribution is 2.27. The summed E-state index contributed by atoms with van der Waals surface area (Å²) < 4.78 is 5.17. The highest BCUT2D eigenvalue weighted by molar-refractivity contribution is 5.77. The number of nitrogen functional groups attached to an aromatic ring is 1. The fraction of sp³-hybridized carbons (Fsp3) is 0.200. The lowest BCUT2D eigenvalue weighted by molar-refractivity contribution is 0.414. The predicted molar refractivity (Wildman–Crippen MR) is 106 cm³/mol. The van der Waals surface area contributed by atoms with Gasteiger partial charge in [0.1, 0.15) is 17.8 Å². The van der Waals surface area contributed by atoms with E-state index in [2.05, 4.69) is 46.6 Å². The molecule has 0 saturated heterocycles. The molecule has 1 heterocycles. The molecule has 6 nitrogen and oxygen atoms in total. The summed E-state index contributed by atoms with van der Waals surface area (Å²) in [4.78, 5) is 8.51. The third-order valence-corrected chi connectivity index (χ3v) is 4.27. The van der Waals surface area contributed by atoms with Crippen molar-refractivity contribution in [3.63, 3.8) is 0 Å². The number of ether oxygens (including phenoxy) is 1. The molecule has 0 spiro atoms. The van der Waals surface area contributed by atoms with Crippen molar-refractivity contribution < 1.29 is 4.74 Å². The Kier molecular flexibility index (Phi) is 5.22. The van der Waals surface area contributed by atoms with Crippen molar-refractivity contribution in [2.75, 3.05) is 23.5 Å². The van der Waals surface area contributed by atoms with E-state index in [1.54, 1.807) is 7.11 Å². The summed E-state index contributed by atoms with van der Waals surface area (Å²) in [5.74, 6) is 2.01. The molecule has 0 amide bonds. The molecule has 26 heavy (non-hydrogen) atoms. The first-order valence-corrected chi connectivity index (χ1v) is 8.38. The van der Waals surface area contributed by atoms with Crippen LogP contribution < -0.4 is 21.1 Å². The Hall–Kier alpha value is -3.28. The van der Waals surface area contributed by atoms with Gasteiger partial charge < -0.3 is 21.1 Å². The number of aromatic nitrogens is 2. The zero-order valence-corrected chi connectivity index (χ0v) is 15.2. The summed E-state index contributed by atoms with van der Waals surface area (Å²) in [7, 11) is 1.65. The number of nitrogens with one attached hydrogen (secondary N) is 2. The minimum absolute atomic E-state index is 0.485. The number of hydrogen-bond acceptors (Lipinski definition) is 6. The van der Waals surface area contributed by atoms with Crippen LogP contribution in [0.15, 0.2) is 48.8 Å². The molecule has 6 heteroatoms. The highest BCUT2D eigenvalue weighted by atomic mass is 16.5. The molecule has 3 rings (SSSR count). The van der Waals surface area contributed by atoms with Crippen molar-refractivity contribution in [3.8, 4) is 5.75 Å². The van der Waals surface area contributed by atoms with E-state index >= 15 is 0 Å². The maximum atomic E-state index is 6.24. The monoisotopic (exact) mass is 349 g/mol. The minimum atomic E-state index is 0.485. The Morgan fingerprint density at radius 1 is 0.962 bits per heavy atom. The number of anilines is 4. The van der Waals surface area contributed by atoms with E-state index in [9.17, 15) is 0 Å². The summed E-state index contributed by atoms with van der Waals surface area (Å²) in [5, 5.41) is 6.52. The number of methoxy groups -OCH3 is 1. The van der Waals surface area contributed by atoms with Crippen LogP contribution in [0.25, 0.3) is 0 Å². The van der Waals surface area contributed by atoms with Crippen LogP contribution in [0.5, 0.6) is 5.75 Å². The molecular formula is C20H23N5O. The number of rotatable bonds is 6. The fourth-order valence-corrected chi connectivity index (χ4v) is 2.52. The van der Waals surface area contributed by atoms with Gasteiger partial charge in [-0.05, 0) is 54.8 Å². The van der Waals surface area contributed by atoms with Gasteiger partial charge in [0.15, 0.2) is 11.6 Å². The molecule has 0 saturated carbocycles. The lowest BCUT2D eigenvalue weighted by Gasteiger charge is -2.13. The lowest BCUT2D eigenvalue weighted by Crippen LogP contribution is -2.08. The maximum absolute atomic E-state index is 6.24. The van der Waals surface area contributed by atoms with Gasteiger partial charge in [0.05, 0.1) is 7.11 Å². The average Bonchev–Trinajstić information content (AvgIpc) is 2.66. The molecule has 0 fully saturated rings. The van der Waals surface area contributed by atoms with Crippen LogP contribution in [0.3, 0.4) is 0 Å². The van der Waals surface area contributed by atoms with Crippen LogP contribution in [0.2, 0.25) is 0 Å². The second-order valence-corrected chi connectivity index (χ2v) is 6.11. The number of nitrogens with two attached hydrogens (primary N) is 1. The molecule has 2 aromatic carbocycles. The molecule has 3 aromatic rings. The third-order valence-electron chi connectivity index (χ3n) is 4.27. The molecule has 0 aliphatic rings. The van der Waals surface area contributed by atoms with Crippen molar-refractivity contribution in [2.45, 2.75) is 20.4 Å². The molecule has 1 aromatic heterocycles. The third kappa shape index (κ3) is 4.03. The van der Waals surface area contributed by atoms with Gasteiger partial charge in [-0.1, -0.05) is 18.2 Å². The normalized spacial score (nSPS) is 10.4. The van der Waals surface area contributed by atoms with E-state index in [0.29, 0.717) is 23.9 Å². The molecule has 0 radical (unpaired) electrons. The van der Waals surface area contributed by atoms with Gasteiger partial charge in [0.2, 0.25) is 0 Å². The number of aryl methyl sites for hydroxylation is 2. The first-order valence-electron chi connectivity index (χ1n) is 8.38. The summed E-state index contributed by atoms with van der Waals surface area (Å²) >= 11 is 0. The highest BCUT2D eigenvalue weighted by Gasteiger charge is 2.09. The fourth-order valence-electron chi connectivity index (χ4n) is 2.52. The zero-order valence-electron chi connectivity index (χ0n) is 15.2. The van der Waals surface area contributed by atoms with Crippen molar-refractivity contribution in [1.29, 1.82) is 0 Å². The van der Waals surface area contributed by atoms with Gasteiger partial charge in [0, 0.05) is 12.2 Å². The number of nitrogens with zero attached hydrogens (tertiary/aromatic N) is 2. The van der Waals surface area contributed by atoms with Crippen LogP contribution in [0.4, 0.5) is 23.0 Å². The van der Waals surface area contributed by atoms with E-state index in [1.807, 2.05) is 30.3 Å². The first-order chi connectivity index (χ1) is 12.6. The van der Waals surface area contributed by atoms with E-state index < -0.39 is 0 Å². The molecule has 134 valence electrons. The van der Waals surface area contributed by atoms with Crippen molar-refractivity contribution in [1.82, 2.24) is 9.97 Å². The lowest BCUT2D eigenvalue weighted by atomic mass is 10.1. The number of benzene rings is 2. The van der Waals surface area contributed by atoms with Crippen LogP contribution >= 0.6 is 0 Å². The molecule has 0 aliphatic carbocycles. The smallest absolute Gasteiger partial charge is 0.159 e. The predicted octanol–water partition coefficient (Wildman–Crippen LogP) is 4.04. The topological polar surface area (TPSA) is 85.1 Å². The Morgan fingerprint density at radius 2 is 1.69 bits per heavy atom. The average molecular weight is 349 g/mol.